The van der Waals surface area contributed by atoms with Crippen LogP contribution in [0.2, 0.25) is 0 Å². The molecule has 1 unspecified atom stereocenters. The molecule has 1 aliphatic heterocycles. The molecule has 1 aliphatic rings. The number of nitrogens with two attached hydrogens (primary N) is 1. The predicted octanol–water partition coefficient (Wildman–Crippen LogP) is 4.41. The maximum absolute atomic E-state index is 12.0. The SMILES string of the molecule is C/C=C([B]N1CCCC1C(O)(c1ccccc1)c1ccccc1)\C=C/N.CC. The fourth-order valence-electron chi connectivity index (χ4n) is 3.84. The van der Waals surface area contributed by atoms with Crippen LogP contribution in [0.1, 0.15) is 44.7 Å². The van der Waals surface area contributed by atoms with Crippen LogP contribution >= 0.6 is 0 Å². The molecule has 3 nitrogen and oxygen atoms in total. The lowest BCUT2D eigenvalue weighted by Crippen LogP contribution is -2.50. The van der Waals surface area contributed by atoms with Crippen LogP contribution < -0.4 is 5.73 Å². The van der Waals surface area contributed by atoms with Crippen LogP contribution in [-0.2, 0) is 5.60 Å². The van der Waals surface area contributed by atoms with E-state index in [1.54, 1.807) is 6.20 Å². The molecule has 1 radical (unpaired) electrons. The van der Waals surface area contributed by atoms with Crippen LogP contribution in [-0.4, -0.2) is 29.9 Å². The summed E-state index contributed by atoms with van der Waals surface area (Å²) < 4.78 is 0. The first-order valence-electron chi connectivity index (χ1n) is 10.2. The Kier molecular flexibility index (Phi) is 8.56. The number of nitrogens with zero attached hydrogens (tertiary/aromatic N) is 1. The van der Waals surface area contributed by atoms with E-state index in [0.717, 1.165) is 36.0 Å². The second-order valence-corrected chi connectivity index (χ2v) is 6.67. The van der Waals surface area contributed by atoms with Crippen molar-refractivity contribution in [2.24, 2.45) is 5.73 Å². The van der Waals surface area contributed by atoms with Gasteiger partial charge in [-0.25, -0.2) is 0 Å². The maximum atomic E-state index is 12.0. The Balaban J connectivity index is 0.00000136. The van der Waals surface area contributed by atoms with Crippen LogP contribution in [0.15, 0.2) is 84.5 Å². The fraction of sp³-hybridized carbons (Fsp3) is 0.333. The molecule has 0 aliphatic carbocycles. The second kappa shape index (κ2) is 10.9. The summed E-state index contributed by atoms with van der Waals surface area (Å²) in [6, 6.07) is 19.9. The Morgan fingerprint density at radius 2 is 1.61 bits per heavy atom. The van der Waals surface area contributed by atoms with E-state index >= 15 is 0 Å². The lowest BCUT2D eigenvalue weighted by molar-refractivity contribution is 0.0201. The van der Waals surface area contributed by atoms with Crippen molar-refractivity contribution in [1.82, 2.24) is 4.81 Å². The third kappa shape index (κ3) is 4.75. The maximum Gasteiger partial charge on any atom is 0.247 e. The van der Waals surface area contributed by atoms with Crippen LogP contribution in [0.4, 0.5) is 0 Å². The van der Waals surface area contributed by atoms with Gasteiger partial charge in [0.25, 0.3) is 0 Å². The molecule has 1 heterocycles. The third-order valence-corrected chi connectivity index (χ3v) is 5.14. The molecule has 1 fully saturated rings. The Hall–Kier alpha value is -2.30. The zero-order valence-electron chi connectivity index (χ0n) is 17.3. The minimum Gasteiger partial charge on any atom is -0.405 e. The van der Waals surface area contributed by atoms with Gasteiger partial charge in [0.1, 0.15) is 5.60 Å². The van der Waals surface area contributed by atoms with E-state index in [2.05, 4.69) is 12.2 Å². The monoisotopic (exact) mass is 375 g/mol. The van der Waals surface area contributed by atoms with Crippen molar-refractivity contribution >= 4 is 7.41 Å². The van der Waals surface area contributed by atoms with E-state index in [0.29, 0.717) is 0 Å². The highest BCUT2D eigenvalue weighted by molar-refractivity contribution is 6.43. The predicted molar refractivity (Wildman–Crippen MR) is 120 cm³/mol. The standard InChI is InChI=1S/C22H26BN2O.C2H6/c1-2-20(15-16-24)23-25-17-9-14-21(25)22(26,18-10-5-3-6-11-18)19-12-7-4-8-13-19;1-2/h2-8,10-13,15-16,21,26H,9,14,17,24H2,1H3;1-2H3/b16-15-,20-2+;. The summed E-state index contributed by atoms with van der Waals surface area (Å²) in [5, 5.41) is 12.0. The molecule has 3 N–H and O–H groups in total. The summed E-state index contributed by atoms with van der Waals surface area (Å²) in [6.07, 6.45) is 7.45. The Labute approximate surface area is 170 Å². The molecule has 0 amide bonds. The molecule has 0 aromatic heterocycles. The topological polar surface area (TPSA) is 49.5 Å². The van der Waals surface area contributed by atoms with Gasteiger partial charge in [0.15, 0.2) is 0 Å². The van der Waals surface area contributed by atoms with Crippen molar-refractivity contribution in [1.29, 1.82) is 0 Å². The number of allylic oxidation sites excluding steroid dienone is 3. The summed E-state index contributed by atoms with van der Waals surface area (Å²) in [7, 11) is 2.11. The molecule has 4 heteroatoms. The highest BCUT2D eigenvalue weighted by Crippen LogP contribution is 2.40. The number of benzene rings is 2. The first-order chi connectivity index (χ1) is 13.7. The number of hydrogen-bond donors (Lipinski definition) is 2. The summed E-state index contributed by atoms with van der Waals surface area (Å²) in [5.41, 5.74) is 7.40. The molecular formula is C24H32BN2O. The van der Waals surface area contributed by atoms with Crippen molar-refractivity contribution in [3.05, 3.63) is 95.6 Å². The minimum absolute atomic E-state index is 0.0339. The van der Waals surface area contributed by atoms with Crippen molar-refractivity contribution < 1.29 is 5.11 Å². The molecule has 28 heavy (non-hydrogen) atoms. The van der Waals surface area contributed by atoms with Crippen molar-refractivity contribution in [2.45, 2.75) is 45.3 Å². The zero-order chi connectivity index (χ0) is 20.4. The molecule has 2 aromatic rings. The third-order valence-electron chi connectivity index (χ3n) is 5.14. The van der Waals surface area contributed by atoms with Crippen molar-refractivity contribution in [2.75, 3.05) is 6.54 Å². The van der Waals surface area contributed by atoms with E-state index in [1.807, 2.05) is 93.6 Å². The van der Waals surface area contributed by atoms with Crippen LogP contribution in [0.5, 0.6) is 0 Å². The fourth-order valence-corrected chi connectivity index (χ4v) is 3.84. The quantitative estimate of drug-likeness (QED) is 0.581. The van der Waals surface area contributed by atoms with Crippen LogP contribution in [0.25, 0.3) is 0 Å². The number of hydrogen-bond acceptors (Lipinski definition) is 3. The average molecular weight is 375 g/mol. The lowest BCUT2D eigenvalue weighted by Gasteiger charge is -2.40. The molecule has 0 saturated carbocycles. The van der Waals surface area contributed by atoms with E-state index in [9.17, 15) is 5.11 Å². The highest BCUT2D eigenvalue weighted by Gasteiger charge is 2.45. The first-order valence-corrected chi connectivity index (χ1v) is 10.2. The van der Waals surface area contributed by atoms with Gasteiger partial charge >= 0.3 is 0 Å². The van der Waals surface area contributed by atoms with Gasteiger partial charge in [-0.05, 0) is 43.6 Å². The van der Waals surface area contributed by atoms with Gasteiger partial charge < -0.3 is 15.7 Å². The number of rotatable bonds is 6. The molecule has 1 atom stereocenters. The largest absolute Gasteiger partial charge is 0.405 e. The molecule has 2 aromatic carbocycles. The van der Waals surface area contributed by atoms with Gasteiger partial charge in [0, 0.05) is 6.04 Å². The van der Waals surface area contributed by atoms with Crippen LogP contribution in [0, 0.1) is 0 Å². The molecular weight excluding hydrogens is 343 g/mol. The van der Waals surface area contributed by atoms with Crippen LogP contribution in [0.3, 0.4) is 0 Å². The van der Waals surface area contributed by atoms with Gasteiger partial charge in [-0.3, -0.25) is 0 Å². The van der Waals surface area contributed by atoms with E-state index in [4.69, 9.17) is 5.73 Å². The molecule has 0 spiro atoms. The Bertz CT molecular complexity index is 719. The average Bonchev–Trinajstić information content (AvgIpc) is 3.24. The lowest BCUT2D eigenvalue weighted by atomic mass is 9.73. The molecule has 0 bridgehead atoms. The van der Waals surface area contributed by atoms with Gasteiger partial charge in [-0.15, -0.1) is 0 Å². The molecule has 3 rings (SSSR count). The number of aliphatic hydroxyl groups is 1. The van der Waals surface area contributed by atoms with Gasteiger partial charge in [0.2, 0.25) is 7.41 Å². The normalized spacial score (nSPS) is 18.0. The Morgan fingerprint density at radius 1 is 1.07 bits per heavy atom. The van der Waals surface area contributed by atoms with Gasteiger partial charge in [-0.1, -0.05) is 92.1 Å². The first kappa shape index (κ1) is 22.0. The Morgan fingerprint density at radius 3 is 2.07 bits per heavy atom. The van der Waals surface area contributed by atoms with E-state index in [1.165, 1.54) is 0 Å². The van der Waals surface area contributed by atoms with Crippen molar-refractivity contribution in [3.8, 4) is 0 Å². The van der Waals surface area contributed by atoms with Crippen molar-refractivity contribution in [3.63, 3.8) is 0 Å². The zero-order valence-corrected chi connectivity index (χ0v) is 17.3. The minimum atomic E-state index is -1.07. The molecule has 1 saturated heterocycles. The highest BCUT2D eigenvalue weighted by atomic mass is 16.3. The molecule has 147 valence electrons. The summed E-state index contributed by atoms with van der Waals surface area (Å²) in [6.45, 7) is 6.92. The smallest absolute Gasteiger partial charge is 0.247 e. The second-order valence-electron chi connectivity index (χ2n) is 6.67. The van der Waals surface area contributed by atoms with E-state index in [-0.39, 0.29) is 6.04 Å². The summed E-state index contributed by atoms with van der Waals surface area (Å²) >= 11 is 0. The van der Waals surface area contributed by atoms with Gasteiger partial charge in [0.05, 0.1) is 0 Å². The van der Waals surface area contributed by atoms with Gasteiger partial charge in [-0.2, -0.15) is 0 Å². The van der Waals surface area contributed by atoms with E-state index < -0.39 is 5.60 Å². The summed E-state index contributed by atoms with van der Waals surface area (Å²) in [4.78, 5) is 2.26. The summed E-state index contributed by atoms with van der Waals surface area (Å²) in [5.74, 6) is 0.